The van der Waals surface area contributed by atoms with Crippen molar-refractivity contribution in [3.05, 3.63) is 119 Å². The number of imide groups is 1. The second-order valence-electron chi connectivity index (χ2n) is 7.91. The lowest BCUT2D eigenvalue weighted by Crippen LogP contribution is -2.29. The van der Waals surface area contributed by atoms with E-state index < -0.39 is 11.8 Å². The zero-order valence-corrected chi connectivity index (χ0v) is 18.4. The third-order valence-electron chi connectivity index (χ3n) is 5.56. The highest BCUT2D eigenvalue weighted by Crippen LogP contribution is 2.26. The van der Waals surface area contributed by atoms with Gasteiger partial charge in [0.1, 0.15) is 0 Å². The van der Waals surface area contributed by atoms with Crippen molar-refractivity contribution in [1.29, 1.82) is 0 Å². The van der Waals surface area contributed by atoms with Gasteiger partial charge < -0.3 is 15.1 Å². The number of nitrogens with one attached hydrogen (secondary N) is 2. The van der Waals surface area contributed by atoms with Crippen LogP contribution < -0.4 is 10.6 Å². The lowest BCUT2D eigenvalue weighted by molar-refractivity contribution is 0.0642. The molecule has 0 spiro atoms. The van der Waals surface area contributed by atoms with Crippen LogP contribution in [0.25, 0.3) is 0 Å². The lowest BCUT2D eigenvalue weighted by atomic mass is 10.1. The minimum absolute atomic E-state index is 0.164. The Bertz CT molecular complexity index is 1430. The van der Waals surface area contributed by atoms with Gasteiger partial charge in [0.2, 0.25) is 0 Å². The van der Waals surface area contributed by atoms with Gasteiger partial charge in [0, 0.05) is 16.9 Å². The summed E-state index contributed by atoms with van der Waals surface area (Å²) in [6.07, 6.45) is 1.41. The summed E-state index contributed by atoms with van der Waals surface area (Å²) >= 11 is 0. The fourth-order valence-corrected chi connectivity index (χ4v) is 3.78. The summed E-state index contributed by atoms with van der Waals surface area (Å²) in [6, 6.07) is 23.4. The summed E-state index contributed by atoms with van der Waals surface area (Å²) in [4.78, 5) is 51.7. The molecule has 4 amide bonds. The maximum absolute atomic E-state index is 12.9. The topological polar surface area (TPSA) is 109 Å². The first-order valence-corrected chi connectivity index (χ1v) is 10.8. The molecule has 1 aliphatic rings. The molecule has 2 N–H and O–H groups in total. The number of carbonyl (C=O) groups excluding carboxylic acids is 4. The molecule has 0 atom stereocenters. The van der Waals surface area contributed by atoms with Crippen LogP contribution in [0.2, 0.25) is 0 Å². The van der Waals surface area contributed by atoms with E-state index in [2.05, 4.69) is 10.6 Å². The number of furan rings is 1. The fourth-order valence-electron chi connectivity index (χ4n) is 3.78. The Morgan fingerprint density at radius 1 is 0.714 bits per heavy atom. The Morgan fingerprint density at radius 2 is 1.37 bits per heavy atom. The van der Waals surface area contributed by atoms with Crippen LogP contribution in [0.3, 0.4) is 0 Å². The number of hydrogen-bond donors (Lipinski definition) is 2. The van der Waals surface area contributed by atoms with Crippen molar-refractivity contribution in [3.8, 4) is 0 Å². The van der Waals surface area contributed by atoms with E-state index in [1.54, 1.807) is 36.4 Å². The molecule has 0 fully saturated rings. The number of rotatable bonds is 6. The van der Waals surface area contributed by atoms with Crippen molar-refractivity contribution in [3.63, 3.8) is 0 Å². The first kappa shape index (κ1) is 21.8. The van der Waals surface area contributed by atoms with Crippen molar-refractivity contribution in [2.75, 3.05) is 10.6 Å². The zero-order chi connectivity index (χ0) is 24.4. The Balaban J connectivity index is 1.26. The zero-order valence-electron chi connectivity index (χ0n) is 18.4. The molecule has 3 aromatic carbocycles. The molecule has 172 valence electrons. The SMILES string of the molecule is O=C(Nc1ccc(NC(=O)c2ccco2)cc1)c1ccc2c(c1)C(=O)N(Cc1ccccc1)C2=O. The first-order valence-electron chi connectivity index (χ1n) is 10.8. The van der Waals surface area contributed by atoms with Crippen molar-refractivity contribution in [2.45, 2.75) is 6.54 Å². The van der Waals surface area contributed by atoms with Crippen LogP contribution >= 0.6 is 0 Å². The molecule has 1 aromatic heterocycles. The van der Waals surface area contributed by atoms with Gasteiger partial charge in [0.25, 0.3) is 23.6 Å². The lowest BCUT2D eigenvalue weighted by Gasteiger charge is -2.13. The fraction of sp³-hybridized carbons (Fsp3) is 0.0370. The number of hydrogen-bond acceptors (Lipinski definition) is 5. The third-order valence-corrected chi connectivity index (χ3v) is 5.56. The summed E-state index contributed by atoms with van der Waals surface area (Å²) < 4.78 is 5.06. The number of anilines is 2. The molecule has 0 unspecified atom stereocenters. The van der Waals surface area contributed by atoms with Crippen molar-refractivity contribution in [1.82, 2.24) is 4.90 Å². The van der Waals surface area contributed by atoms with E-state index >= 15 is 0 Å². The molecule has 0 aliphatic carbocycles. The number of fused-ring (bicyclic) bond motifs is 1. The predicted molar refractivity (Wildman–Crippen MR) is 128 cm³/mol. The predicted octanol–water partition coefficient (Wildman–Crippen LogP) is 4.58. The van der Waals surface area contributed by atoms with Crippen LogP contribution in [0, 0.1) is 0 Å². The van der Waals surface area contributed by atoms with Crippen LogP contribution in [0.15, 0.2) is 95.6 Å². The highest BCUT2D eigenvalue weighted by Gasteiger charge is 2.36. The average molecular weight is 465 g/mol. The second-order valence-corrected chi connectivity index (χ2v) is 7.91. The van der Waals surface area contributed by atoms with E-state index in [4.69, 9.17) is 4.42 Å². The highest BCUT2D eigenvalue weighted by molar-refractivity contribution is 6.22. The van der Waals surface area contributed by atoms with Gasteiger partial charge in [0.15, 0.2) is 5.76 Å². The van der Waals surface area contributed by atoms with E-state index in [-0.39, 0.29) is 40.8 Å². The molecule has 8 heteroatoms. The number of amides is 4. The Morgan fingerprint density at radius 3 is 2.03 bits per heavy atom. The Labute approximate surface area is 200 Å². The van der Waals surface area contributed by atoms with Crippen molar-refractivity contribution in [2.24, 2.45) is 0 Å². The van der Waals surface area contributed by atoms with Gasteiger partial charge in [0.05, 0.1) is 23.9 Å². The van der Waals surface area contributed by atoms with Gasteiger partial charge >= 0.3 is 0 Å². The van der Waals surface area contributed by atoms with Crippen molar-refractivity contribution >= 4 is 35.0 Å². The van der Waals surface area contributed by atoms with E-state index in [1.807, 2.05) is 30.3 Å². The quantitative estimate of drug-likeness (QED) is 0.405. The molecule has 2 heterocycles. The highest BCUT2D eigenvalue weighted by atomic mass is 16.3. The maximum Gasteiger partial charge on any atom is 0.291 e. The van der Waals surface area contributed by atoms with Crippen LogP contribution in [0.4, 0.5) is 11.4 Å². The van der Waals surface area contributed by atoms with E-state index in [9.17, 15) is 19.2 Å². The largest absolute Gasteiger partial charge is 0.459 e. The first-order chi connectivity index (χ1) is 17.0. The summed E-state index contributed by atoms with van der Waals surface area (Å²) in [6.45, 7) is 0.164. The monoisotopic (exact) mass is 465 g/mol. The van der Waals surface area contributed by atoms with Crippen LogP contribution in [-0.2, 0) is 6.54 Å². The second kappa shape index (κ2) is 9.11. The van der Waals surface area contributed by atoms with Gasteiger partial charge in [-0.15, -0.1) is 0 Å². The summed E-state index contributed by atoms with van der Waals surface area (Å²) in [5.41, 5.74) is 2.60. The van der Waals surface area contributed by atoms with E-state index in [0.717, 1.165) is 5.56 Å². The van der Waals surface area contributed by atoms with Gasteiger partial charge in [-0.1, -0.05) is 30.3 Å². The third kappa shape index (κ3) is 4.45. The molecule has 8 nitrogen and oxygen atoms in total. The molecular formula is C27H19N3O5. The molecule has 0 saturated carbocycles. The molecule has 0 radical (unpaired) electrons. The number of benzene rings is 3. The van der Waals surface area contributed by atoms with E-state index in [1.165, 1.54) is 29.4 Å². The molecule has 0 saturated heterocycles. The molecule has 35 heavy (non-hydrogen) atoms. The maximum atomic E-state index is 12.9. The average Bonchev–Trinajstić information content (AvgIpc) is 3.50. The smallest absolute Gasteiger partial charge is 0.291 e. The molecule has 4 aromatic rings. The summed E-state index contributed by atoms with van der Waals surface area (Å²) in [5, 5.41) is 5.45. The Hall–Kier alpha value is -4.98. The minimum atomic E-state index is -0.430. The molecule has 0 bridgehead atoms. The Kier molecular flexibility index (Phi) is 5.68. The van der Waals surface area contributed by atoms with Crippen LogP contribution in [0.5, 0.6) is 0 Å². The van der Waals surface area contributed by atoms with Crippen LogP contribution in [-0.4, -0.2) is 28.5 Å². The standard InChI is InChI=1S/C27H19N3O5/c31-24(28-19-9-11-20(12-10-19)29-25(32)23-7-4-14-35-23)18-8-13-21-22(15-18)27(34)30(26(21)33)16-17-5-2-1-3-6-17/h1-15H,16H2,(H,28,31)(H,29,32). The van der Waals surface area contributed by atoms with Gasteiger partial charge in [-0.05, 0) is 60.2 Å². The van der Waals surface area contributed by atoms with Gasteiger partial charge in [-0.25, -0.2) is 0 Å². The summed E-state index contributed by atoms with van der Waals surface area (Å²) in [5.74, 6) is -1.44. The number of nitrogens with zero attached hydrogens (tertiary/aromatic N) is 1. The van der Waals surface area contributed by atoms with Crippen molar-refractivity contribution < 1.29 is 23.6 Å². The summed E-state index contributed by atoms with van der Waals surface area (Å²) in [7, 11) is 0. The molecule has 5 rings (SSSR count). The molecular weight excluding hydrogens is 446 g/mol. The normalized spacial score (nSPS) is 12.4. The number of carbonyl (C=O) groups is 4. The minimum Gasteiger partial charge on any atom is -0.459 e. The van der Waals surface area contributed by atoms with Gasteiger partial charge in [-0.3, -0.25) is 24.1 Å². The van der Waals surface area contributed by atoms with E-state index in [0.29, 0.717) is 11.4 Å². The van der Waals surface area contributed by atoms with Gasteiger partial charge in [-0.2, -0.15) is 0 Å². The van der Waals surface area contributed by atoms with Crippen LogP contribution in [0.1, 0.15) is 47.2 Å². The molecule has 1 aliphatic heterocycles.